The summed E-state index contributed by atoms with van der Waals surface area (Å²) in [5, 5.41) is 7.51. The van der Waals surface area contributed by atoms with Gasteiger partial charge >= 0.3 is 5.97 Å². The van der Waals surface area contributed by atoms with Crippen molar-refractivity contribution in [3.8, 4) is 0 Å². The zero-order chi connectivity index (χ0) is 15.4. The molecule has 1 aromatic heterocycles. The smallest absolute Gasteiger partial charge is 0.333 e. The van der Waals surface area contributed by atoms with Gasteiger partial charge < -0.3 is 10.1 Å². The molecule has 6 heteroatoms. The second-order valence-electron chi connectivity index (χ2n) is 4.68. The molecular weight excluding hydrogens is 334 g/mol. The summed E-state index contributed by atoms with van der Waals surface area (Å²) in [7, 11) is 1.83. The maximum absolute atomic E-state index is 12.3. The van der Waals surface area contributed by atoms with Gasteiger partial charge in [0.2, 0.25) is 0 Å². The molecule has 0 amide bonds. The summed E-state index contributed by atoms with van der Waals surface area (Å²) < 4.78 is 7.81. The van der Waals surface area contributed by atoms with Gasteiger partial charge in [0.1, 0.15) is 0 Å². The van der Waals surface area contributed by atoms with E-state index in [0.29, 0.717) is 6.61 Å². The van der Waals surface area contributed by atoms with Gasteiger partial charge in [0.25, 0.3) is 0 Å². The Hall–Kier alpha value is -1.82. The van der Waals surface area contributed by atoms with Crippen LogP contribution in [0.2, 0.25) is 0 Å². The second kappa shape index (κ2) is 6.76. The Morgan fingerprint density at radius 1 is 1.52 bits per heavy atom. The molecule has 0 radical (unpaired) electrons. The van der Waals surface area contributed by atoms with E-state index >= 15 is 0 Å². The first kappa shape index (κ1) is 15.6. The van der Waals surface area contributed by atoms with Crippen LogP contribution >= 0.6 is 15.9 Å². The number of esters is 1. The molecule has 1 atom stereocenters. The molecule has 0 spiro atoms. The quantitative estimate of drug-likeness (QED) is 0.840. The van der Waals surface area contributed by atoms with Crippen LogP contribution in [-0.4, -0.2) is 22.4 Å². The fourth-order valence-corrected chi connectivity index (χ4v) is 2.53. The van der Waals surface area contributed by atoms with Crippen LogP contribution in [0.3, 0.4) is 0 Å². The molecule has 0 aliphatic heterocycles. The highest BCUT2D eigenvalue weighted by Gasteiger charge is 2.25. The van der Waals surface area contributed by atoms with Crippen molar-refractivity contribution in [1.29, 1.82) is 0 Å². The minimum atomic E-state index is -0.576. The highest BCUT2D eigenvalue weighted by atomic mass is 79.9. The third-order valence-corrected chi connectivity index (χ3v) is 3.51. The number of rotatable bonds is 5. The maximum Gasteiger partial charge on any atom is 0.333 e. The molecule has 1 aromatic carbocycles. The van der Waals surface area contributed by atoms with Crippen molar-refractivity contribution in [1.82, 2.24) is 9.78 Å². The number of hydrogen-bond donors (Lipinski definition) is 1. The molecule has 1 N–H and O–H groups in total. The summed E-state index contributed by atoms with van der Waals surface area (Å²) >= 11 is 3.42. The van der Waals surface area contributed by atoms with Gasteiger partial charge in [-0.15, -0.1) is 0 Å². The molecule has 1 heterocycles. The van der Waals surface area contributed by atoms with E-state index in [2.05, 4.69) is 26.3 Å². The molecular formula is C15H18BrN3O2. The second-order valence-corrected chi connectivity index (χ2v) is 5.60. The lowest BCUT2D eigenvalue weighted by molar-refractivity contribution is -0.144. The minimum absolute atomic E-state index is 0.312. The van der Waals surface area contributed by atoms with Gasteiger partial charge in [-0.2, -0.15) is 5.10 Å². The maximum atomic E-state index is 12.3. The third-order valence-electron chi connectivity index (χ3n) is 3.02. The summed E-state index contributed by atoms with van der Waals surface area (Å²) in [6.45, 7) is 4.02. The van der Waals surface area contributed by atoms with Gasteiger partial charge in [-0.1, -0.05) is 22.0 Å². The predicted octanol–water partition coefficient (Wildman–Crippen LogP) is 3.21. The number of aromatic nitrogens is 2. The van der Waals surface area contributed by atoms with Crippen molar-refractivity contribution in [3.05, 3.63) is 46.2 Å². The number of halogens is 1. The van der Waals surface area contributed by atoms with E-state index in [1.807, 2.05) is 44.4 Å². The Morgan fingerprint density at radius 2 is 2.29 bits per heavy atom. The van der Waals surface area contributed by atoms with E-state index in [9.17, 15) is 4.79 Å². The predicted molar refractivity (Wildman–Crippen MR) is 85.1 cm³/mol. The lowest BCUT2D eigenvalue weighted by atomic mass is 10.1. The van der Waals surface area contributed by atoms with E-state index in [4.69, 9.17) is 4.74 Å². The minimum Gasteiger partial charge on any atom is -0.464 e. The number of ether oxygens (including phenoxy) is 1. The van der Waals surface area contributed by atoms with Gasteiger partial charge in [0.05, 0.1) is 12.3 Å². The molecule has 21 heavy (non-hydrogen) atoms. The Bertz CT molecular complexity index is 640. The largest absolute Gasteiger partial charge is 0.464 e. The van der Waals surface area contributed by atoms with Crippen molar-refractivity contribution in [2.24, 2.45) is 7.05 Å². The topological polar surface area (TPSA) is 56.1 Å². The van der Waals surface area contributed by atoms with Gasteiger partial charge in [0, 0.05) is 29.0 Å². The lowest BCUT2D eigenvalue weighted by Crippen LogP contribution is -2.23. The highest BCUT2D eigenvalue weighted by Crippen LogP contribution is 2.25. The number of nitrogens with zero attached hydrogens (tertiary/aromatic N) is 2. The number of hydrogen-bond acceptors (Lipinski definition) is 4. The number of benzene rings is 1. The van der Waals surface area contributed by atoms with Gasteiger partial charge in [0.15, 0.2) is 6.04 Å². The molecule has 0 aliphatic rings. The number of aryl methyl sites for hydroxylation is 2. The average Bonchev–Trinajstić information content (AvgIpc) is 2.75. The molecule has 0 fully saturated rings. The first-order valence-electron chi connectivity index (χ1n) is 6.70. The Labute approximate surface area is 132 Å². The van der Waals surface area contributed by atoms with Gasteiger partial charge in [-0.25, -0.2) is 4.79 Å². The van der Waals surface area contributed by atoms with E-state index in [1.165, 1.54) is 0 Å². The first-order chi connectivity index (χ1) is 10.0. The monoisotopic (exact) mass is 351 g/mol. The Kier molecular flexibility index (Phi) is 5.01. The molecule has 0 saturated carbocycles. The molecule has 1 unspecified atom stereocenters. The van der Waals surface area contributed by atoms with Crippen molar-refractivity contribution in [3.63, 3.8) is 0 Å². The van der Waals surface area contributed by atoms with Crippen LogP contribution in [0.5, 0.6) is 0 Å². The molecule has 2 rings (SSSR count). The van der Waals surface area contributed by atoms with Crippen molar-refractivity contribution >= 4 is 27.6 Å². The molecule has 0 saturated heterocycles. The van der Waals surface area contributed by atoms with E-state index in [1.54, 1.807) is 11.6 Å². The SMILES string of the molecule is CCOC(=O)C(Nc1cccc(Br)c1)c1cn(C)nc1C. The number of nitrogens with one attached hydrogen (secondary N) is 1. The van der Waals surface area contributed by atoms with Crippen LogP contribution < -0.4 is 5.32 Å². The van der Waals surface area contributed by atoms with Crippen LogP contribution in [0.25, 0.3) is 0 Å². The van der Waals surface area contributed by atoms with Gasteiger partial charge in [-0.3, -0.25) is 4.68 Å². The van der Waals surface area contributed by atoms with Crippen LogP contribution in [0.4, 0.5) is 5.69 Å². The third kappa shape index (κ3) is 3.85. The molecule has 0 aliphatic carbocycles. The van der Waals surface area contributed by atoms with Crippen LogP contribution in [0, 0.1) is 6.92 Å². The molecule has 0 bridgehead atoms. The fraction of sp³-hybridized carbons (Fsp3) is 0.333. The van der Waals surface area contributed by atoms with Crippen molar-refractivity contribution in [2.75, 3.05) is 11.9 Å². The summed E-state index contributed by atoms with van der Waals surface area (Å²) in [5.74, 6) is -0.312. The van der Waals surface area contributed by atoms with Crippen LogP contribution in [-0.2, 0) is 16.6 Å². The van der Waals surface area contributed by atoms with E-state index in [-0.39, 0.29) is 5.97 Å². The molecule has 5 nitrogen and oxygen atoms in total. The number of carbonyl (C=O) groups excluding carboxylic acids is 1. The summed E-state index contributed by atoms with van der Waals surface area (Å²) in [6.07, 6.45) is 1.84. The van der Waals surface area contributed by atoms with Crippen LogP contribution in [0.15, 0.2) is 34.9 Å². The normalized spacial score (nSPS) is 12.0. The summed E-state index contributed by atoms with van der Waals surface area (Å²) in [5.41, 5.74) is 2.46. The molecule has 2 aromatic rings. The first-order valence-corrected chi connectivity index (χ1v) is 7.49. The zero-order valence-electron chi connectivity index (χ0n) is 12.3. The zero-order valence-corrected chi connectivity index (χ0v) is 13.8. The van der Waals surface area contributed by atoms with Gasteiger partial charge in [-0.05, 0) is 32.0 Å². The summed E-state index contributed by atoms with van der Waals surface area (Å²) in [6, 6.07) is 7.08. The van der Waals surface area contributed by atoms with Crippen molar-refractivity contribution < 1.29 is 9.53 Å². The average molecular weight is 352 g/mol. The molecule has 112 valence electrons. The number of carbonyl (C=O) groups is 1. The van der Waals surface area contributed by atoms with E-state index < -0.39 is 6.04 Å². The van der Waals surface area contributed by atoms with E-state index in [0.717, 1.165) is 21.4 Å². The summed E-state index contributed by atoms with van der Waals surface area (Å²) in [4.78, 5) is 12.3. The lowest BCUT2D eigenvalue weighted by Gasteiger charge is -2.18. The van der Waals surface area contributed by atoms with Crippen LogP contribution in [0.1, 0.15) is 24.2 Å². The standard InChI is InChI=1S/C15H18BrN3O2/c1-4-21-15(20)14(13-9-19(3)18-10(13)2)17-12-7-5-6-11(16)8-12/h5-9,14,17H,4H2,1-3H3. The van der Waals surface area contributed by atoms with Crippen molar-refractivity contribution in [2.45, 2.75) is 19.9 Å². The Balaban J connectivity index is 2.32. The Morgan fingerprint density at radius 3 is 2.86 bits per heavy atom. The number of anilines is 1. The fourth-order valence-electron chi connectivity index (χ4n) is 2.14. The highest BCUT2D eigenvalue weighted by molar-refractivity contribution is 9.10.